The Morgan fingerprint density at radius 3 is 2.16 bits per heavy atom. The molecule has 3 N–H and O–H groups in total. The van der Waals surface area contributed by atoms with Crippen molar-refractivity contribution in [1.82, 2.24) is 5.32 Å². The van der Waals surface area contributed by atoms with Crippen molar-refractivity contribution in [2.45, 2.75) is 25.2 Å². The molecule has 0 bridgehead atoms. The molecule has 1 spiro atoms. The van der Waals surface area contributed by atoms with E-state index in [9.17, 15) is 9.59 Å². The number of benzene rings is 2. The van der Waals surface area contributed by atoms with E-state index in [1.165, 1.54) is 0 Å². The first-order valence-corrected chi connectivity index (χ1v) is 10.6. The molecule has 7 heteroatoms. The maximum Gasteiger partial charge on any atom is 0.211 e. The predicted molar refractivity (Wildman–Crippen MR) is 116 cm³/mol. The Labute approximate surface area is 180 Å². The van der Waals surface area contributed by atoms with E-state index in [0.717, 1.165) is 37.2 Å². The number of Topliss-reactive ketones (excluding diaryl/α,β-unsaturated/α-hetero) is 2. The summed E-state index contributed by atoms with van der Waals surface area (Å²) in [5.74, 6) is -0.939. The van der Waals surface area contributed by atoms with Crippen LogP contribution >= 0.6 is 0 Å². The zero-order valence-electron chi connectivity index (χ0n) is 17.2. The van der Waals surface area contributed by atoms with Crippen molar-refractivity contribution in [2.75, 3.05) is 31.2 Å². The fraction of sp³-hybridized carbons (Fsp3) is 0.333. The molecule has 2 aromatic carbocycles. The van der Waals surface area contributed by atoms with Crippen LogP contribution in [0, 0.1) is 0 Å². The number of nitrogens with two attached hydrogens (primary N) is 1. The van der Waals surface area contributed by atoms with Crippen molar-refractivity contribution in [2.24, 2.45) is 5.73 Å². The predicted octanol–water partition coefficient (Wildman–Crippen LogP) is 2.37. The first-order valence-electron chi connectivity index (χ1n) is 10.6. The van der Waals surface area contributed by atoms with Crippen molar-refractivity contribution < 1.29 is 19.1 Å². The van der Waals surface area contributed by atoms with E-state index in [1.54, 1.807) is 24.3 Å². The molecule has 2 heterocycles. The minimum atomic E-state index is -0.378. The summed E-state index contributed by atoms with van der Waals surface area (Å²) < 4.78 is 11.6. The van der Waals surface area contributed by atoms with Crippen molar-refractivity contribution in [3.05, 3.63) is 76.6 Å². The third-order valence-corrected chi connectivity index (χ3v) is 6.27. The molecule has 0 unspecified atom stereocenters. The van der Waals surface area contributed by atoms with Crippen LogP contribution in [-0.2, 0) is 16.0 Å². The maximum atomic E-state index is 12.8. The van der Waals surface area contributed by atoms with Gasteiger partial charge in [0.1, 0.15) is 11.4 Å². The van der Waals surface area contributed by atoms with Crippen molar-refractivity contribution in [3.8, 4) is 0 Å². The van der Waals surface area contributed by atoms with Crippen LogP contribution in [0.5, 0.6) is 0 Å². The molecule has 2 aliphatic heterocycles. The Balaban J connectivity index is 1.23. The zero-order chi connectivity index (χ0) is 21.4. The van der Waals surface area contributed by atoms with E-state index in [0.29, 0.717) is 30.9 Å². The minimum absolute atomic E-state index is 0.0288. The molecule has 2 saturated heterocycles. The second-order valence-corrected chi connectivity index (χ2v) is 8.11. The first kappa shape index (κ1) is 19.8. The zero-order valence-corrected chi connectivity index (χ0v) is 17.2. The standard InChI is InChI=1S/C24H25N3O4/c25-20-21(23(29)19-4-2-1-3-18(19)22(20)28)26-15-16-5-7-17(8-6-16)27-11-9-24(10-12-27)30-13-14-31-24/h1-8,26H,9-15,25H2. The van der Waals surface area contributed by atoms with Crippen molar-refractivity contribution >= 4 is 17.3 Å². The molecule has 160 valence electrons. The van der Waals surface area contributed by atoms with Gasteiger partial charge in [0.15, 0.2) is 5.79 Å². The van der Waals surface area contributed by atoms with Gasteiger partial charge in [0.05, 0.1) is 13.2 Å². The number of carbonyl (C=O) groups is 2. The second-order valence-electron chi connectivity index (χ2n) is 8.11. The van der Waals surface area contributed by atoms with Gasteiger partial charge in [-0.3, -0.25) is 9.59 Å². The highest BCUT2D eigenvalue weighted by Gasteiger charge is 2.39. The van der Waals surface area contributed by atoms with Gasteiger partial charge < -0.3 is 25.4 Å². The number of hydrogen-bond acceptors (Lipinski definition) is 7. The summed E-state index contributed by atoms with van der Waals surface area (Å²) >= 11 is 0. The molecule has 1 aliphatic carbocycles. The molecule has 2 aromatic rings. The molecular formula is C24H25N3O4. The minimum Gasteiger partial charge on any atom is -0.394 e. The molecule has 5 rings (SSSR count). The van der Waals surface area contributed by atoms with E-state index in [-0.39, 0.29) is 28.7 Å². The lowest BCUT2D eigenvalue weighted by atomic mass is 9.90. The van der Waals surface area contributed by atoms with Crippen LogP contribution in [0.3, 0.4) is 0 Å². The fourth-order valence-corrected chi connectivity index (χ4v) is 4.48. The molecule has 0 amide bonds. The van der Waals surface area contributed by atoms with Gasteiger partial charge >= 0.3 is 0 Å². The molecule has 2 fully saturated rings. The normalized spacial score (nSPS) is 20.3. The van der Waals surface area contributed by atoms with Gasteiger partial charge in [-0.15, -0.1) is 0 Å². The van der Waals surface area contributed by atoms with Gasteiger partial charge in [-0.25, -0.2) is 0 Å². The van der Waals surface area contributed by atoms with E-state index >= 15 is 0 Å². The number of rotatable bonds is 4. The molecule has 0 saturated carbocycles. The van der Waals surface area contributed by atoms with Crippen LogP contribution in [0.25, 0.3) is 0 Å². The van der Waals surface area contributed by atoms with E-state index in [2.05, 4.69) is 22.3 Å². The highest BCUT2D eigenvalue weighted by atomic mass is 16.7. The summed E-state index contributed by atoms with van der Waals surface area (Å²) in [4.78, 5) is 27.6. The SMILES string of the molecule is NC1=C(NCc2ccc(N3CCC4(CC3)OCCO4)cc2)C(=O)c2ccccc2C1=O. The number of nitrogens with one attached hydrogen (secondary N) is 1. The summed E-state index contributed by atoms with van der Waals surface area (Å²) in [5.41, 5.74) is 9.02. The summed E-state index contributed by atoms with van der Waals surface area (Å²) in [6.07, 6.45) is 1.72. The van der Waals surface area contributed by atoms with Crippen molar-refractivity contribution in [3.63, 3.8) is 0 Å². The smallest absolute Gasteiger partial charge is 0.211 e. The van der Waals surface area contributed by atoms with E-state index in [1.807, 2.05) is 12.1 Å². The average molecular weight is 419 g/mol. The molecule has 3 aliphatic rings. The number of ether oxygens (including phenoxy) is 2. The number of piperidine rings is 1. The summed E-state index contributed by atoms with van der Waals surface area (Å²) in [6, 6.07) is 15.0. The van der Waals surface area contributed by atoms with Gasteiger partial charge in [-0.2, -0.15) is 0 Å². The van der Waals surface area contributed by atoms with Crippen LogP contribution in [-0.4, -0.2) is 43.7 Å². The van der Waals surface area contributed by atoms with Crippen LogP contribution in [0.4, 0.5) is 5.69 Å². The van der Waals surface area contributed by atoms with Gasteiger partial charge in [0.2, 0.25) is 11.6 Å². The Bertz CT molecular complexity index is 1040. The summed E-state index contributed by atoms with van der Waals surface area (Å²) in [5, 5.41) is 3.08. The quantitative estimate of drug-likeness (QED) is 0.786. The highest BCUT2D eigenvalue weighted by molar-refractivity contribution is 6.26. The molecule has 0 atom stereocenters. The van der Waals surface area contributed by atoms with E-state index < -0.39 is 0 Å². The van der Waals surface area contributed by atoms with Crippen LogP contribution < -0.4 is 16.0 Å². The Morgan fingerprint density at radius 2 is 1.52 bits per heavy atom. The van der Waals surface area contributed by atoms with Crippen LogP contribution in [0.15, 0.2) is 59.9 Å². The van der Waals surface area contributed by atoms with Crippen molar-refractivity contribution in [1.29, 1.82) is 0 Å². The average Bonchev–Trinajstić information content (AvgIpc) is 3.26. The number of anilines is 1. The largest absolute Gasteiger partial charge is 0.394 e. The fourth-order valence-electron chi connectivity index (χ4n) is 4.48. The molecule has 31 heavy (non-hydrogen) atoms. The molecule has 7 nitrogen and oxygen atoms in total. The Morgan fingerprint density at radius 1 is 0.903 bits per heavy atom. The lowest BCUT2D eigenvalue weighted by Gasteiger charge is -2.38. The molecule has 0 radical (unpaired) electrons. The van der Waals surface area contributed by atoms with Crippen LogP contribution in [0.1, 0.15) is 39.1 Å². The summed E-state index contributed by atoms with van der Waals surface area (Å²) in [7, 11) is 0. The highest BCUT2D eigenvalue weighted by Crippen LogP contribution is 2.33. The third-order valence-electron chi connectivity index (χ3n) is 6.27. The van der Waals surface area contributed by atoms with Gasteiger partial charge in [0.25, 0.3) is 0 Å². The lowest BCUT2D eigenvalue weighted by molar-refractivity contribution is -0.169. The first-order chi connectivity index (χ1) is 15.1. The topological polar surface area (TPSA) is 93.9 Å². The van der Waals surface area contributed by atoms with Crippen LogP contribution in [0.2, 0.25) is 0 Å². The van der Waals surface area contributed by atoms with Gasteiger partial charge in [-0.1, -0.05) is 36.4 Å². The number of nitrogens with zero attached hydrogens (tertiary/aromatic N) is 1. The third kappa shape index (κ3) is 3.60. The number of ketones is 2. The number of carbonyl (C=O) groups excluding carboxylic acids is 2. The Hall–Kier alpha value is -3.16. The Kier molecular flexibility index (Phi) is 5.00. The maximum absolute atomic E-state index is 12.8. The second kappa shape index (κ2) is 7.83. The van der Waals surface area contributed by atoms with Gasteiger partial charge in [0, 0.05) is 49.3 Å². The number of allylic oxidation sites excluding steroid dienone is 2. The molecule has 0 aromatic heterocycles. The summed E-state index contributed by atoms with van der Waals surface area (Å²) in [6.45, 7) is 3.54. The van der Waals surface area contributed by atoms with E-state index in [4.69, 9.17) is 15.2 Å². The monoisotopic (exact) mass is 419 g/mol. The van der Waals surface area contributed by atoms with Gasteiger partial charge in [-0.05, 0) is 17.7 Å². The number of hydrogen-bond donors (Lipinski definition) is 2. The lowest BCUT2D eigenvalue weighted by Crippen LogP contribution is -2.45. The molecular weight excluding hydrogens is 394 g/mol. The number of fused-ring (bicyclic) bond motifs is 1.